The Bertz CT molecular complexity index is 643. The first-order chi connectivity index (χ1) is 16.6. The molecular formula is C29H46O5. The largest absolute Gasteiger partial charge is 0.462 e. The van der Waals surface area contributed by atoms with Gasteiger partial charge in [0.25, 0.3) is 0 Å². The van der Waals surface area contributed by atoms with Gasteiger partial charge >= 0.3 is 11.9 Å². The number of allylic oxidation sites excluding steroid dienone is 10. The summed E-state index contributed by atoms with van der Waals surface area (Å²) in [5.41, 5.74) is 0. The van der Waals surface area contributed by atoms with Gasteiger partial charge in [-0.25, -0.2) is 0 Å². The monoisotopic (exact) mass is 474 g/mol. The Morgan fingerprint density at radius 1 is 0.706 bits per heavy atom. The zero-order valence-electron chi connectivity index (χ0n) is 21.3. The van der Waals surface area contributed by atoms with Crippen molar-refractivity contribution >= 4 is 11.9 Å². The van der Waals surface area contributed by atoms with Crippen LogP contribution in [-0.4, -0.2) is 36.4 Å². The van der Waals surface area contributed by atoms with Crippen molar-refractivity contribution in [1.29, 1.82) is 0 Å². The Balaban J connectivity index is 3.80. The van der Waals surface area contributed by atoms with Crippen molar-refractivity contribution in [1.82, 2.24) is 0 Å². The quantitative estimate of drug-likeness (QED) is 0.0844. The summed E-state index contributed by atoms with van der Waals surface area (Å²) in [5.74, 6) is -0.715. The summed E-state index contributed by atoms with van der Waals surface area (Å²) >= 11 is 0. The highest BCUT2D eigenvalue weighted by atomic mass is 16.6. The van der Waals surface area contributed by atoms with Gasteiger partial charge in [-0.15, -0.1) is 0 Å². The predicted octanol–water partition coefficient (Wildman–Crippen LogP) is 6.94. The van der Waals surface area contributed by atoms with Crippen molar-refractivity contribution in [2.75, 3.05) is 13.2 Å². The molecule has 0 saturated heterocycles. The van der Waals surface area contributed by atoms with Crippen molar-refractivity contribution < 1.29 is 24.2 Å². The zero-order valence-corrected chi connectivity index (χ0v) is 21.3. The Hall–Kier alpha value is -2.40. The summed E-state index contributed by atoms with van der Waals surface area (Å²) in [6, 6.07) is 0. The maximum Gasteiger partial charge on any atom is 0.306 e. The van der Waals surface area contributed by atoms with Gasteiger partial charge < -0.3 is 14.6 Å². The zero-order chi connectivity index (χ0) is 25.1. The molecule has 0 aromatic rings. The molecule has 5 heteroatoms. The Morgan fingerprint density at radius 2 is 1.35 bits per heavy atom. The van der Waals surface area contributed by atoms with Crippen LogP contribution in [0.25, 0.3) is 0 Å². The minimum Gasteiger partial charge on any atom is -0.462 e. The van der Waals surface area contributed by atoms with Crippen LogP contribution in [0, 0.1) is 0 Å². The molecule has 0 aliphatic carbocycles. The number of rotatable bonds is 21. The first kappa shape index (κ1) is 31.6. The SMILES string of the molecule is CC/C=C/C=C/C=C/C=C/CCCCCC(=O)OCC(CO)OC(=O)CC/C=C/CCCCC. The first-order valence-corrected chi connectivity index (χ1v) is 12.9. The Morgan fingerprint density at radius 3 is 2.06 bits per heavy atom. The van der Waals surface area contributed by atoms with Crippen molar-refractivity contribution in [3.63, 3.8) is 0 Å². The van der Waals surface area contributed by atoms with E-state index in [9.17, 15) is 14.7 Å². The molecule has 0 heterocycles. The summed E-state index contributed by atoms with van der Waals surface area (Å²) in [6.45, 7) is 3.81. The molecule has 0 amide bonds. The molecule has 0 saturated carbocycles. The predicted molar refractivity (Wildman–Crippen MR) is 140 cm³/mol. The molecular weight excluding hydrogens is 428 g/mol. The van der Waals surface area contributed by atoms with Crippen LogP contribution < -0.4 is 0 Å². The number of hydrogen-bond donors (Lipinski definition) is 1. The molecule has 0 bridgehead atoms. The number of carbonyl (C=O) groups is 2. The summed E-state index contributed by atoms with van der Waals surface area (Å²) in [6.07, 6.45) is 30.1. The molecule has 1 N–H and O–H groups in total. The normalized spacial score (nSPS) is 13.1. The second kappa shape index (κ2) is 25.2. The molecule has 0 spiro atoms. The van der Waals surface area contributed by atoms with E-state index in [0.717, 1.165) is 38.5 Å². The molecule has 1 atom stereocenters. The van der Waals surface area contributed by atoms with E-state index in [1.54, 1.807) is 0 Å². The van der Waals surface area contributed by atoms with Crippen LogP contribution in [0.1, 0.15) is 90.9 Å². The smallest absolute Gasteiger partial charge is 0.306 e. The number of aliphatic hydroxyl groups excluding tert-OH is 1. The second-order valence-corrected chi connectivity index (χ2v) is 8.12. The summed E-state index contributed by atoms with van der Waals surface area (Å²) < 4.78 is 10.4. The van der Waals surface area contributed by atoms with E-state index < -0.39 is 6.10 Å². The number of carbonyl (C=O) groups excluding carboxylic acids is 2. The standard InChI is InChI=1S/C29H46O5/c1-3-5-7-9-11-12-13-14-15-16-18-19-21-23-28(31)33-26-27(25-30)34-29(32)24-22-20-17-10-8-6-4-2/h5,7,9,11-15,17,20,27,30H,3-4,6,8,10,16,18-19,21-26H2,1-2H3/b7-5+,11-9+,13-12+,15-14+,20-17+. The van der Waals surface area contributed by atoms with E-state index in [2.05, 4.69) is 32.1 Å². The van der Waals surface area contributed by atoms with Crippen molar-refractivity contribution in [2.24, 2.45) is 0 Å². The molecule has 34 heavy (non-hydrogen) atoms. The van der Waals surface area contributed by atoms with Gasteiger partial charge in [0.05, 0.1) is 6.61 Å². The van der Waals surface area contributed by atoms with Crippen LogP contribution in [0.2, 0.25) is 0 Å². The van der Waals surface area contributed by atoms with E-state index in [0.29, 0.717) is 12.8 Å². The minimum atomic E-state index is -0.805. The van der Waals surface area contributed by atoms with Gasteiger partial charge in [0.2, 0.25) is 0 Å². The van der Waals surface area contributed by atoms with Crippen LogP contribution in [0.4, 0.5) is 0 Å². The fourth-order valence-corrected chi connectivity index (χ4v) is 2.93. The highest BCUT2D eigenvalue weighted by molar-refractivity contribution is 5.70. The summed E-state index contributed by atoms with van der Waals surface area (Å²) in [5, 5.41) is 9.38. The van der Waals surface area contributed by atoms with Gasteiger partial charge in [-0.2, -0.15) is 0 Å². The summed E-state index contributed by atoms with van der Waals surface area (Å²) in [7, 11) is 0. The highest BCUT2D eigenvalue weighted by Gasteiger charge is 2.15. The van der Waals surface area contributed by atoms with Crippen LogP contribution in [0.5, 0.6) is 0 Å². The van der Waals surface area contributed by atoms with Crippen LogP contribution in [0.3, 0.4) is 0 Å². The van der Waals surface area contributed by atoms with E-state index in [1.165, 1.54) is 19.3 Å². The summed E-state index contributed by atoms with van der Waals surface area (Å²) in [4.78, 5) is 23.8. The third kappa shape index (κ3) is 22.8. The molecule has 0 aromatic carbocycles. The van der Waals surface area contributed by atoms with E-state index in [-0.39, 0.29) is 31.6 Å². The fraction of sp³-hybridized carbons (Fsp3) is 0.586. The van der Waals surface area contributed by atoms with Gasteiger partial charge in [-0.3, -0.25) is 9.59 Å². The van der Waals surface area contributed by atoms with E-state index in [4.69, 9.17) is 9.47 Å². The third-order valence-electron chi connectivity index (χ3n) is 4.90. The topological polar surface area (TPSA) is 72.8 Å². The van der Waals surface area contributed by atoms with Crippen LogP contribution in [-0.2, 0) is 19.1 Å². The molecule has 0 fully saturated rings. The molecule has 5 nitrogen and oxygen atoms in total. The van der Waals surface area contributed by atoms with Crippen LogP contribution >= 0.6 is 0 Å². The number of unbranched alkanes of at least 4 members (excludes halogenated alkanes) is 6. The maximum absolute atomic E-state index is 11.9. The average molecular weight is 475 g/mol. The third-order valence-corrected chi connectivity index (χ3v) is 4.90. The van der Waals surface area contributed by atoms with E-state index in [1.807, 2.05) is 42.5 Å². The second-order valence-electron chi connectivity index (χ2n) is 8.12. The molecule has 0 aliphatic heterocycles. The lowest BCUT2D eigenvalue weighted by Crippen LogP contribution is -2.28. The maximum atomic E-state index is 11.9. The minimum absolute atomic E-state index is 0.105. The molecule has 192 valence electrons. The number of aliphatic hydroxyl groups is 1. The number of ether oxygens (including phenoxy) is 2. The van der Waals surface area contributed by atoms with Crippen LogP contribution in [0.15, 0.2) is 60.8 Å². The lowest BCUT2D eigenvalue weighted by Gasteiger charge is -2.15. The lowest BCUT2D eigenvalue weighted by molar-refractivity contribution is -0.161. The lowest BCUT2D eigenvalue weighted by atomic mass is 10.1. The molecule has 0 radical (unpaired) electrons. The molecule has 0 aliphatic rings. The van der Waals surface area contributed by atoms with Gasteiger partial charge in [0.1, 0.15) is 6.61 Å². The fourth-order valence-electron chi connectivity index (χ4n) is 2.93. The highest BCUT2D eigenvalue weighted by Crippen LogP contribution is 2.07. The van der Waals surface area contributed by atoms with Crippen molar-refractivity contribution in [2.45, 2.75) is 97.0 Å². The van der Waals surface area contributed by atoms with Crippen molar-refractivity contribution in [3.8, 4) is 0 Å². The molecule has 0 aromatic heterocycles. The van der Waals surface area contributed by atoms with Gasteiger partial charge in [-0.1, -0.05) is 93.9 Å². The van der Waals surface area contributed by atoms with Gasteiger partial charge in [0, 0.05) is 12.8 Å². The van der Waals surface area contributed by atoms with E-state index >= 15 is 0 Å². The van der Waals surface area contributed by atoms with Gasteiger partial charge in [-0.05, 0) is 44.9 Å². The molecule has 0 rings (SSSR count). The Labute approximate surface area is 207 Å². The van der Waals surface area contributed by atoms with Gasteiger partial charge in [0.15, 0.2) is 6.10 Å². The number of hydrogen-bond acceptors (Lipinski definition) is 5. The first-order valence-electron chi connectivity index (χ1n) is 12.9. The molecule has 1 unspecified atom stereocenters. The number of esters is 2. The Kier molecular flexibility index (Phi) is 23.4. The van der Waals surface area contributed by atoms with Crippen molar-refractivity contribution in [3.05, 3.63) is 60.8 Å². The average Bonchev–Trinajstić information content (AvgIpc) is 2.84.